The summed E-state index contributed by atoms with van der Waals surface area (Å²) in [6.45, 7) is 2.58. The average molecular weight is 330 g/mol. The molecule has 1 amide bonds. The topological polar surface area (TPSA) is 68.5 Å². The second-order valence-corrected chi connectivity index (χ2v) is 4.46. The lowest BCUT2D eigenvalue weighted by Gasteiger charge is -2.02. The second-order valence-electron chi connectivity index (χ2n) is 3.67. The summed E-state index contributed by atoms with van der Waals surface area (Å²) in [5.41, 5.74) is 0. The van der Waals surface area contributed by atoms with Crippen molar-refractivity contribution in [1.29, 1.82) is 0 Å². The quantitative estimate of drug-likeness (QED) is 0.474. The number of esters is 1. The van der Waals surface area contributed by atoms with Crippen molar-refractivity contribution >= 4 is 33.9 Å². The molecule has 0 bridgehead atoms. The van der Waals surface area contributed by atoms with E-state index in [4.69, 9.17) is 9.15 Å². The highest BCUT2D eigenvalue weighted by Crippen LogP contribution is 2.14. The molecule has 1 aromatic heterocycles. The Morgan fingerprint density at radius 2 is 2.26 bits per heavy atom. The molecular formula is C13H16BrNO4. The van der Waals surface area contributed by atoms with Crippen molar-refractivity contribution in [3.8, 4) is 0 Å². The van der Waals surface area contributed by atoms with E-state index in [0.717, 1.165) is 0 Å². The normalized spacial score (nSPS) is 10.6. The van der Waals surface area contributed by atoms with Gasteiger partial charge in [-0.2, -0.15) is 0 Å². The Hall–Kier alpha value is -1.56. The first-order valence-corrected chi connectivity index (χ1v) is 6.78. The van der Waals surface area contributed by atoms with E-state index in [1.54, 1.807) is 25.1 Å². The van der Waals surface area contributed by atoms with Gasteiger partial charge in [0.15, 0.2) is 4.67 Å². The fourth-order valence-corrected chi connectivity index (χ4v) is 1.63. The van der Waals surface area contributed by atoms with Crippen molar-refractivity contribution in [2.75, 3.05) is 13.2 Å². The standard InChI is InChI=1S/C13H16BrNO4/c1-2-18-13(17)4-3-9-15-12(16)8-6-10-5-7-11(14)19-10/h5-8H,2-4,9H2,1H3,(H,15,16). The third kappa shape index (κ3) is 6.81. The summed E-state index contributed by atoms with van der Waals surface area (Å²) in [7, 11) is 0. The zero-order chi connectivity index (χ0) is 14.1. The van der Waals surface area contributed by atoms with Crippen LogP contribution in [0.1, 0.15) is 25.5 Å². The SMILES string of the molecule is CCOC(=O)CCCNC(=O)C=Cc1ccc(Br)o1. The van der Waals surface area contributed by atoms with Crippen LogP contribution in [0.2, 0.25) is 0 Å². The van der Waals surface area contributed by atoms with Crippen LogP contribution in [0.3, 0.4) is 0 Å². The van der Waals surface area contributed by atoms with Crippen LogP contribution < -0.4 is 5.32 Å². The van der Waals surface area contributed by atoms with Gasteiger partial charge in [-0.15, -0.1) is 0 Å². The molecule has 0 aromatic carbocycles. The molecule has 0 spiro atoms. The van der Waals surface area contributed by atoms with E-state index in [1.165, 1.54) is 6.08 Å². The number of nitrogens with one attached hydrogen (secondary N) is 1. The van der Waals surface area contributed by atoms with E-state index in [-0.39, 0.29) is 11.9 Å². The van der Waals surface area contributed by atoms with Gasteiger partial charge < -0.3 is 14.5 Å². The van der Waals surface area contributed by atoms with Crippen LogP contribution >= 0.6 is 15.9 Å². The number of carbonyl (C=O) groups is 2. The van der Waals surface area contributed by atoms with Gasteiger partial charge >= 0.3 is 5.97 Å². The molecule has 0 saturated heterocycles. The molecule has 1 rings (SSSR count). The van der Waals surface area contributed by atoms with E-state index >= 15 is 0 Å². The number of halogens is 1. The second kappa shape index (κ2) is 8.53. The molecule has 19 heavy (non-hydrogen) atoms. The Bertz CT molecular complexity index is 453. The fourth-order valence-electron chi connectivity index (χ4n) is 1.31. The Labute approximate surface area is 120 Å². The van der Waals surface area contributed by atoms with Crippen molar-refractivity contribution in [3.05, 3.63) is 28.6 Å². The number of hydrogen-bond acceptors (Lipinski definition) is 4. The maximum absolute atomic E-state index is 11.4. The van der Waals surface area contributed by atoms with E-state index in [0.29, 0.717) is 36.4 Å². The summed E-state index contributed by atoms with van der Waals surface area (Å²) in [5.74, 6) is 0.123. The van der Waals surface area contributed by atoms with Gasteiger partial charge in [0.2, 0.25) is 5.91 Å². The highest BCUT2D eigenvalue weighted by Gasteiger charge is 2.02. The molecule has 0 aliphatic carbocycles. The molecule has 104 valence electrons. The molecule has 0 saturated carbocycles. The Balaban J connectivity index is 2.18. The van der Waals surface area contributed by atoms with Gasteiger partial charge in [-0.1, -0.05) is 0 Å². The third-order valence-electron chi connectivity index (χ3n) is 2.16. The minimum absolute atomic E-state index is 0.226. The number of amides is 1. The van der Waals surface area contributed by atoms with Gasteiger partial charge in [0.05, 0.1) is 6.61 Å². The van der Waals surface area contributed by atoms with Crippen LogP contribution in [0.5, 0.6) is 0 Å². The zero-order valence-electron chi connectivity index (χ0n) is 10.6. The number of furan rings is 1. The minimum Gasteiger partial charge on any atom is -0.466 e. The predicted octanol–water partition coefficient (Wildman–Crippen LogP) is 2.51. The van der Waals surface area contributed by atoms with Gasteiger partial charge in [-0.25, -0.2) is 0 Å². The monoisotopic (exact) mass is 329 g/mol. The summed E-state index contributed by atoms with van der Waals surface area (Å²) in [6, 6.07) is 3.49. The Morgan fingerprint density at radius 1 is 1.47 bits per heavy atom. The van der Waals surface area contributed by atoms with Crippen LogP contribution in [0, 0.1) is 0 Å². The Morgan fingerprint density at radius 3 is 2.89 bits per heavy atom. The van der Waals surface area contributed by atoms with Gasteiger partial charge in [0.25, 0.3) is 0 Å². The highest BCUT2D eigenvalue weighted by atomic mass is 79.9. The first-order chi connectivity index (χ1) is 9.11. The molecule has 1 heterocycles. The molecule has 1 N–H and O–H groups in total. The lowest BCUT2D eigenvalue weighted by molar-refractivity contribution is -0.143. The van der Waals surface area contributed by atoms with Crippen LogP contribution in [0.4, 0.5) is 0 Å². The maximum atomic E-state index is 11.4. The smallest absolute Gasteiger partial charge is 0.305 e. The number of ether oxygens (including phenoxy) is 1. The number of carbonyl (C=O) groups excluding carboxylic acids is 2. The Kier molecular flexibility index (Phi) is 6.95. The first-order valence-electron chi connectivity index (χ1n) is 5.98. The molecule has 5 nitrogen and oxygen atoms in total. The van der Waals surface area contributed by atoms with Crippen LogP contribution in [-0.4, -0.2) is 25.0 Å². The van der Waals surface area contributed by atoms with E-state index < -0.39 is 0 Å². The van der Waals surface area contributed by atoms with Crippen molar-refractivity contribution in [2.45, 2.75) is 19.8 Å². The van der Waals surface area contributed by atoms with Crippen molar-refractivity contribution in [2.24, 2.45) is 0 Å². The third-order valence-corrected chi connectivity index (χ3v) is 2.58. The predicted molar refractivity (Wildman–Crippen MR) is 74.3 cm³/mol. The molecule has 1 aromatic rings. The molecule has 0 fully saturated rings. The lowest BCUT2D eigenvalue weighted by Crippen LogP contribution is -2.22. The van der Waals surface area contributed by atoms with Crippen LogP contribution in [0.15, 0.2) is 27.3 Å². The van der Waals surface area contributed by atoms with E-state index in [1.807, 2.05) is 0 Å². The molecule has 0 aliphatic heterocycles. The van der Waals surface area contributed by atoms with Gasteiger partial charge in [-0.3, -0.25) is 9.59 Å². The van der Waals surface area contributed by atoms with E-state index in [9.17, 15) is 9.59 Å². The first kappa shape index (κ1) is 15.5. The fraction of sp³-hybridized carbons (Fsp3) is 0.385. The zero-order valence-corrected chi connectivity index (χ0v) is 12.2. The summed E-state index contributed by atoms with van der Waals surface area (Å²) >= 11 is 3.17. The van der Waals surface area contributed by atoms with Crippen molar-refractivity contribution < 1.29 is 18.7 Å². The summed E-state index contributed by atoms with van der Waals surface area (Å²) in [5, 5.41) is 2.67. The van der Waals surface area contributed by atoms with Gasteiger partial charge in [0, 0.05) is 19.0 Å². The summed E-state index contributed by atoms with van der Waals surface area (Å²) in [4.78, 5) is 22.5. The average Bonchev–Trinajstić information content (AvgIpc) is 2.78. The van der Waals surface area contributed by atoms with Gasteiger partial charge in [-0.05, 0) is 47.5 Å². The largest absolute Gasteiger partial charge is 0.466 e. The molecule has 6 heteroatoms. The molecule has 0 radical (unpaired) electrons. The minimum atomic E-state index is -0.243. The van der Waals surface area contributed by atoms with Crippen LogP contribution in [-0.2, 0) is 14.3 Å². The number of rotatable bonds is 7. The molecule has 0 atom stereocenters. The van der Waals surface area contributed by atoms with E-state index in [2.05, 4.69) is 21.2 Å². The molecule has 0 aliphatic rings. The summed E-state index contributed by atoms with van der Waals surface area (Å²) in [6.07, 6.45) is 3.83. The van der Waals surface area contributed by atoms with Crippen molar-refractivity contribution in [1.82, 2.24) is 5.32 Å². The van der Waals surface area contributed by atoms with Crippen LogP contribution in [0.25, 0.3) is 6.08 Å². The number of hydrogen-bond donors (Lipinski definition) is 1. The van der Waals surface area contributed by atoms with Gasteiger partial charge in [0.1, 0.15) is 5.76 Å². The molecular weight excluding hydrogens is 314 g/mol. The molecule has 0 unspecified atom stereocenters. The summed E-state index contributed by atoms with van der Waals surface area (Å²) < 4.78 is 10.6. The van der Waals surface area contributed by atoms with Crippen molar-refractivity contribution in [3.63, 3.8) is 0 Å². The highest BCUT2D eigenvalue weighted by molar-refractivity contribution is 9.10. The maximum Gasteiger partial charge on any atom is 0.305 e. The lowest BCUT2D eigenvalue weighted by atomic mass is 10.3.